The number of rotatable bonds is 10. The Bertz CT molecular complexity index is 4310. The number of nitrogens with zero attached hydrogens (tertiary/aromatic N) is 6. The predicted molar refractivity (Wildman–Crippen MR) is 306 cm³/mol. The van der Waals surface area contributed by atoms with Crippen LogP contribution in [0, 0.1) is 17.9 Å². The molecule has 0 N–H and O–H groups in total. The van der Waals surface area contributed by atoms with Crippen molar-refractivity contribution in [3.8, 4) is 39.7 Å². The van der Waals surface area contributed by atoms with E-state index in [0.29, 0.717) is 11.3 Å². The van der Waals surface area contributed by atoms with Crippen LogP contribution in [0.5, 0.6) is 0 Å². The molecule has 0 aliphatic heterocycles. The van der Waals surface area contributed by atoms with Gasteiger partial charge < -0.3 is 18.9 Å². The van der Waals surface area contributed by atoms with Crippen molar-refractivity contribution < 1.29 is 0 Å². The molecule has 0 aliphatic rings. The van der Waals surface area contributed by atoms with Gasteiger partial charge in [-0.15, -0.1) is 0 Å². The van der Waals surface area contributed by atoms with Crippen LogP contribution in [0.3, 0.4) is 0 Å². The number of hydrogen-bond donors (Lipinski definition) is 0. The molecular formula is C68H44N6. The summed E-state index contributed by atoms with van der Waals surface area (Å²) >= 11 is 0. The summed E-state index contributed by atoms with van der Waals surface area (Å²) in [5.74, 6) is 0. The first kappa shape index (κ1) is 43.6. The number of nitriles is 1. The van der Waals surface area contributed by atoms with E-state index in [1.807, 2.05) is 48.5 Å². The van der Waals surface area contributed by atoms with E-state index in [1.165, 1.54) is 10.8 Å². The number of fused-ring (bicyclic) bond motifs is 6. The summed E-state index contributed by atoms with van der Waals surface area (Å²) in [5.41, 5.74) is 18.4. The van der Waals surface area contributed by atoms with E-state index < -0.39 is 0 Å². The molecule has 0 saturated carbocycles. The highest BCUT2D eigenvalue weighted by Crippen LogP contribution is 2.43. The van der Waals surface area contributed by atoms with Gasteiger partial charge in [-0.2, -0.15) is 5.26 Å². The molecule has 2 aromatic heterocycles. The van der Waals surface area contributed by atoms with Gasteiger partial charge in [0, 0.05) is 67.0 Å². The van der Waals surface area contributed by atoms with Crippen LogP contribution >= 0.6 is 0 Å². The average Bonchev–Trinajstić information content (AvgIpc) is 3.99. The van der Waals surface area contributed by atoms with Gasteiger partial charge >= 0.3 is 0 Å². The van der Waals surface area contributed by atoms with Gasteiger partial charge in [-0.3, -0.25) is 0 Å². The molecule has 0 fully saturated rings. The lowest BCUT2D eigenvalue weighted by atomic mass is 9.98. The maximum atomic E-state index is 9.75. The lowest BCUT2D eigenvalue weighted by molar-refractivity contribution is 1.18. The van der Waals surface area contributed by atoms with Crippen LogP contribution in [0.2, 0.25) is 0 Å². The molecular weight excluding hydrogens is 901 g/mol. The maximum Gasteiger partial charge on any atom is 0.187 e. The zero-order chi connectivity index (χ0) is 49.5. The van der Waals surface area contributed by atoms with Crippen molar-refractivity contribution in [1.82, 2.24) is 9.13 Å². The molecule has 0 spiro atoms. The Labute approximate surface area is 429 Å². The summed E-state index contributed by atoms with van der Waals surface area (Å²) in [5, 5.41) is 14.4. The number of hydrogen-bond acceptors (Lipinski definition) is 3. The topological polar surface area (TPSA) is 44.5 Å². The van der Waals surface area contributed by atoms with E-state index in [0.717, 1.165) is 101 Å². The molecule has 13 aromatic rings. The normalized spacial score (nSPS) is 11.2. The molecule has 0 saturated heterocycles. The van der Waals surface area contributed by atoms with E-state index in [9.17, 15) is 5.26 Å². The Kier molecular flexibility index (Phi) is 10.8. The van der Waals surface area contributed by atoms with Crippen LogP contribution in [0.1, 0.15) is 5.56 Å². The lowest BCUT2D eigenvalue weighted by Crippen LogP contribution is -2.10. The van der Waals surface area contributed by atoms with Crippen molar-refractivity contribution in [3.63, 3.8) is 0 Å². The Morgan fingerprint density at radius 1 is 0.324 bits per heavy atom. The van der Waals surface area contributed by atoms with E-state index in [1.54, 1.807) is 0 Å². The van der Waals surface area contributed by atoms with Gasteiger partial charge in [0.25, 0.3) is 0 Å². The van der Waals surface area contributed by atoms with Gasteiger partial charge in [0.1, 0.15) is 0 Å². The summed E-state index contributed by atoms with van der Waals surface area (Å²) in [4.78, 5) is 8.24. The van der Waals surface area contributed by atoms with Crippen molar-refractivity contribution >= 4 is 83.4 Å². The second kappa shape index (κ2) is 18.4. The molecule has 2 heterocycles. The number of benzene rings is 11. The molecule has 11 aromatic carbocycles. The highest BCUT2D eigenvalue weighted by Gasteiger charge is 2.20. The van der Waals surface area contributed by atoms with Gasteiger partial charge in [0.15, 0.2) is 5.69 Å². The quantitative estimate of drug-likeness (QED) is 0.128. The zero-order valence-corrected chi connectivity index (χ0v) is 40.1. The largest absolute Gasteiger partial charge is 0.311 e. The Balaban J connectivity index is 0.865. The molecule has 0 radical (unpaired) electrons. The third kappa shape index (κ3) is 7.68. The van der Waals surface area contributed by atoms with E-state index in [-0.39, 0.29) is 0 Å². The summed E-state index contributed by atoms with van der Waals surface area (Å²) < 4.78 is 4.67. The van der Waals surface area contributed by atoms with Crippen LogP contribution in [0.15, 0.2) is 267 Å². The monoisotopic (exact) mass is 944 g/mol. The number of aromatic nitrogens is 2. The Hall–Kier alpha value is -10.4. The Morgan fingerprint density at radius 2 is 0.730 bits per heavy atom. The first-order valence-electron chi connectivity index (χ1n) is 24.7. The standard InChI is InChI=1S/C68H44N6/c1-70-52-30-36-57(37-31-52)71(59-38-40-67-63(44-59)61-22-8-10-24-65(61)73(67)53-17-4-2-5-18-53)56-34-28-48(29-35-56)49-14-12-15-50(42-49)51-16-13-21-58(43-51)72(55-32-26-47(46-69)27-33-55)60-39-41-68-64(45-60)62-23-9-11-25-66(62)74(68)54-19-6-3-7-20-54/h2-45H. The molecule has 0 aliphatic carbocycles. The van der Waals surface area contributed by atoms with Crippen LogP contribution in [0.25, 0.3) is 82.1 Å². The lowest BCUT2D eigenvalue weighted by Gasteiger charge is -2.26. The first-order valence-corrected chi connectivity index (χ1v) is 24.7. The van der Waals surface area contributed by atoms with Gasteiger partial charge in [-0.25, -0.2) is 4.85 Å². The first-order chi connectivity index (χ1) is 36.6. The fraction of sp³-hybridized carbons (Fsp3) is 0. The van der Waals surface area contributed by atoms with Gasteiger partial charge in [-0.1, -0.05) is 127 Å². The highest BCUT2D eigenvalue weighted by atomic mass is 15.1. The minimum absolute atomic E-state index is 0.600. The van der Waals surface area contributed by atoms with Crippen LogP contribution in [-0.4, -0.2) is 9.13 Å². The van der Waals surface area contributed by atoms with Crippen molar-refractivity contribution in [1.29, 1.82) is 5.26 Å². The molecule has 74 heavy (non-hydrogen) atoms. The van der Waals surface area contributed by atoms with Crippen LogP contribution in [0.4, 0.5) is 39.8 Å². The second-order valence-electron chi connectivity index (χ2n) is 18.4. The second-order valence-corrected chi connectivity index (χ2v) is 18.4. The fourth-order valence-corrected chi connectivity index (χ4v) is 10.7. The minimum Gasteiger partial charge on any atom is -0.311 e. The van der Waals surface area contributed by atoms with Crippen molar-refractivity contribution in [2.75, 3.05) is 9.80 Å². The van der Waals surface area contributed by atoms with Gasteiger partial charge in [0.2, 0.25) is 0 Å². The maximum absolute atomic E-state index is 9.75. The third-order valence-electron chi connectivity index (χ3n) is 14.1. The summed E-state index contributed by atoms with van der Waals surface area (Å²) in [7, 11) is 0. The smallest absolute Gasteiger partial charge is 0.187 e. The average molecular weight is 945 g/mol. The van der Waals surface area contributed by atoms with Gasteiger partial charge in [0.05, 0.1) is 40.3 Å². The van der Waals surface area contributed by atoms with Crippen LogP contribution < -0.4 is 9.80 Å². The van der Waals surface area contributed by atoms with Crippen molar-refractivity contribution in [2.24, 2.45) is 0 Å². The van der Waals surface area contributed by atoms with Gasteiger partial charge in [-0.05, 0) is 162 Å². The molecule has 346 valence electrons. The predicted octanol–water partition coefficient (Wildman–Crippen LogP) is 18.6. The molecule has 0 bridgehead atoms. The fourth-order valence-electron chi connectivity index (χ4n) is 10.7. The number of para-hydroxylation sites is 4. The minimum atomic E-state index is 0.600. The van der Waals surface area contributed by atoms with Crippen molar-refractivity contribution in [2.45, 2.75) is 0 Å². The third-order valence-corrected chi connectivity index (χ3v) is 14.1. The summed E-state index contributed by atoms with van der Waals surface area (Å²) in [6.07, 6.45) is 0. The van der Waals surface area contributed by atoms with E-state index in [2.05, 4.69) is 248 Å². The molecule has 0 unspecified atom stereocenters. The zero-order valence-electron chi connectivity index (χ0n) is 40.1. The molecule has 6 nitrogen and oxygen atoms in total. The summed E-state index contributed by atoms with van der Waals surface area (Å²) in [6, 6.07) is 95.8. The molecule has 0 atom stereocenters. The summed E-state index contributed by atoms with van der Waals surface area (Å²) in [6.45, 7) is 7.65. The van der Waals surface area contributed by atoms with E-state index >= 15 is 0 Å². The highest BCUT2D eigenvalue weighted by molar-refractivity contribution is 6.12. The Morgan fingerprint density at radius 3 is 1.26 bits per heavy atom. The van der Waals surface area contributed by atoms with Crippen molar-refractivity contribution in [3.05, 3.63) is 284 Å². The molecule has 6 heteroatoms. The van der Waals surface area contributed by atoms with E-state index in [4.69, 9.17) is 6.57 Å². The number of anilines is 6. The molecule has 0 amide bonds. The molecule has 13 rings (SSSR count). The SMILES string of the molecule is [C-]#[N+]c1ccc(N(c2ccc(-c3cccc(-c4cccc(N(c5ccc(C#N)cc5)c5ccc6c(c5)c5ccccc5n6-c5ccccc5)c4)c3)cc2)c2ccc3c(c2)c2ccccc2n3-c2ccccc2)cc1. The van der Waals surface area contributed by atoms with Crippen LogP contribution in [-0.2, 0) is 0 Å².